The summed E-state index contributed by atoms with van der Waals surface area (Å²) in [5.41, 5.74) is 3.57. The molecular weight excluding hydrogens is 570 g/mol. The lowest BCUT2D eigenvalue weighted by molar-refractivity contribution is 0.0697. The number of aryl methyl sites for hydroxylation is 1. The van der Waals surface area contributed by atoms with Crippen LogP contribution in [-0.4, -0.2) is 77.8 Å². The summed E-state index contributed by atoms with van der Waals surface area (Å²) in [5, 5.41) is 6.94. The second-order valence-corrected chi connectivity index (χ2v) is 13.7. The second kappa shape index (κ2) is 12.8. The van der Waals surface area contributed by atoms with Crippen LogP contribution in [0.4, 0.5) is 0 Å². The van der Waals surface area contributed by atoms with Crippen molar-refractivity contribution >= 4 is 21.8 Å². The number of hydrogen-bond donors (Lipinski definition) is 1. The molecule has 1 aliphatic heterocycles. The minimum absolute atomic E-state index is 0.142. The van der Waals surface area contributed by atoms with Crippen molar-refractivity contribution in [3.05, 3.63) is 76.6 Å². The monoisotopic (exact) mass is 609 g/mol. The number of nitrogens with one attached hydrogen (secondary N) is 1. The number of aromatic nitrogens is 2. The van der Waals surface area contributed by atoms with Gasteiger partial charge in [0.25, 0.3) is 11.8 Å². The Hall–Kier alpha value is -3.90. The van der Waals surface area contributed by atoms with E-state index in [0.717, 1.165) is 29.7 Å². The minimum atomic E-state index is -3.34. The molecule has 2 amide bonds. The van der Waals surface area contributed by atoms with E-state index in [9.17, 15) is 18.0 Å². The Kier molecular flexibility index (Phi) is 9.07. The highest BCUT2D eigenvalue weighted by Gasteiger charge is 2.31. The van der Waals surface area contributed by atoms with E-state index in [1.165, 1.54) is 4.31 Å². The van der Waals surface area contributed by atoms with Crippen LogP contribution in [0.15, 0.2) is 48.5 Å². The van der Waals surface area contributed by atoms with Gasteiger partial charge in [0.05, 0.1) is 18.1 Å². The molecule has 230 valence electrons. The second-order valence-electron chi connectivity index (χ2n) is 11.3. The number of sulfonamides is 1. The van der Waals surface area contributed by atoms with Gasteiger partial charge in [-0.15, -0.1) is 0 Å². The minimum Gasteiger partial charge on any atom is -0.493 e. The Balaban J connectivity index is 1.19. The van der Waals surface area contributed by atoms with Crippen LogP contribution in [0.5, 0.6) is 11.5 Å². The quantitative estimate of drug-likeness (QED) is 0.354. The molecule has 2 aromatic carbocycles. The van der Waals surface area contributed by atoms with E-state index in [2.05, 4.69) is 10.4 Å². The van der Waals surface area contributed by atoms with E-state index in [0.29, 0.717) is 41.8 Å². The van der Waals surface area contributed by atoms with Gasteiger partial charge in [0.1, 0.15) is 12.3 Å². The highest BCUT2D eigenvalue weighted by molar-refractivity contribution is 7.89. The van der Waals surface area contributed by atoms with E-state index in [1.54, 1.807) is 55.8 Å². The first-order chi connectivity index (χ1) is 20.6. The molecule has 0 atom stereocenters. The fourth-order valence-electron chi connectivity index (χ4n) is 5.17. The standard InChI is InChI=1S/C31H39N5O6S/c1-21(2)43(39,40)36-15-13-35(14-16-36)31(38)24-8-5-7-22(17-24)20-42-28-10-6-9-25(29(28)41-4)19-32-30(37)27-18-26(23-11-12-23)33-34(27)3/h5-10,17-18,21,23H,11-16,19-20H2,1-4H3,(H,32,37). The molecule has 3 aromatic rings. The number of carbonyl (C=O) groups excluding carboxylic acids is 2. The molecule has 43 heavy (non-hydrogen) atoms. The molecule has 2 aliphatic rings. The van der Waals surface area contributed by atoms with Crippen LogP contribution >= 0.6 is 0 Å². The lowest BCUT2D eigenvalue weighted by Crippen LogP contribution is -2.51. The van der Waals surface area contributed by atoms with Crippen LogP contribution in [-0.2, 0) is 30.2 Å². The molecule has 12 heteroatoms. The van der Waals surface area contributed by atoms with Crippen LogP contribution < -0.4 is 14.8 Å². The van der Waals surface area contributed by atoms with Crippen LogP contribution in [0.2, 0.25) is 0 Å². The molecule has 11 nitrogen and oxygen atoms in total. The molecular formula is C31H39N5O6S. The van der Waals surface area contributed by atoms with Crippen LogP contribution in [0, 0.1) is 0 Å². The number of nitrogens with zero attached hydrogens (tertiary/aromatic N) is 4. The van der Waals surface area contributed by atoms with Gasteiger partial charge in [-0.3, -0.25) is 14.3 Å². The van der Waals surface area contributed by atoms with Crippen molar-refractivity contribution in [3.63, 3.8) is 0 Å². The van der Waals surface area contributed by atoms with E-state index in [4.69, 9.17) is 9.47 Å². The summed E-state index contributed by atoms with van der Waals surface area (Å²) in [6, 6.07) is 14.6. The van der Waals surface area contributed by atoms with Crippen LogP contribution in [0.25, 0.3) is 0 Å². The van der Waals surface area contributed by atoms with Crippen molar-refractivity contribution in [3.8, 4) is 11.5 Å². The summed E-state index contributed by atoms with van der Waals surface area (Å²) >= 11 is 0. The molecule has 0 unspecified atom stereocenters. The third kappa shape index (κ3) is 6.86. The summed E-state index contributed by atoms with van der Waals surface area (Å²) in [4.78, 5) is 27.8. The topological polar surface area (TPSA) is 123 Å². The zero-order valence-corrected chi connectivity index (χ0v) is 25.9. The van der Waals surface area contributed by atoms with Gasteiger partial charge in [0.2, 0.25) is 10.0 Å². The maximum absolute atomic E-state index is 13.2. The Bertz CT molecular complexity index is 1590. The number of rotatable bonds is 11. The normalized spacial score (nSPS) is 15.9. The fraction of sp³-hybridized carbons (Fsp3) is 0.452. The van der Waals surface area contributed by atoms with Gasteiger partial charge < -0.3 is 19.7 Å². The molecule has 1 saturated carbocycles. The lowest BCUT2D eigenvalue weighted by Gasteiger charge is -2.35. The summed E-state index contributed by atoms with van der Waals surface area (Å²) < 4.78 is 39.8. The summed E-state index contributed by atoms with van der Waals surface area (Å²) in [7, 11) is -0.00700. The molecule has 2 heterocycles. The summed E-state index contributed by atoms with van der Waals surface area (Å²) in [6.45, 7) is 5.04. The van der Waals surface area contributed by atoms with Crippen LogP contribution in [0.1, 0.15) is 70.3 Å². The van der Waals surface area contributed by atoms with Crippen molar-refractivity contribution in [2.45, 2.75) is 51.0 Å². The van der Waals surface area contributed by atoms with E-state index < -0.39 is 15.3 Å². The first-order valence-electron chi connectivity index (χ1n) is 14.6. The Labute approximate surface area is 252 Å². The number of hydrogen-bond acceptors (Lipinski definition) is 7. The van der Waals surface area contributed by atoms with Gasteiger partial charge in [0, 0.05) is 56.8 Å². The highest BCUT2D eigenvalue weighted by atomic mass is 32.2. The van der Waals surface area contributed by atoms with Gasteiger partial charge in [-0.2, -0.15) is 9.40 Å². The number of methoxy groups -OCH3 is 1. The number of carbonyl (C=O) groups is 2. The molecule has 0 spiro atoms. The van der Waals surface area contributed by atoms with Gasteiger partial charge >= 0.3 is 0 Å². The Morgan fingerprint density at radius 3 is 2.44 bits per heavy atom. The molecule has 1 N–H and O–H groups in total. The smallest absolute Gasteiger partial charge is 0.269 e. The molecule has 1 aliphatic carbocycles. The average molecular weight is 610 g/mol. The van der Waals surface area contributed by atoms with Crippen molar-refractivity contribution < 1.29 is 27.5 Å². The maximum Gasteiger partial charge on any atom is 0.269 e. The van der Waals surface area contributed by atoms with Crippen molar-refractivity contribution in [1.82, 2.24) is 24.3 Å². The molecule has 0 radical (unpaired) electrons. The van der Waals surface area contributed by atoms with Gasteiger partial charge in [-0.1, -0.05) is 24.3 Å². The maximum atomic E-state index is 13.2. The van der Waals surface area contributed by atoms with E-state index in [-0.39, 0.29) is 38.1 Å². The van der Waals surface area contributed by atoms with Gasteiger partial charge in [-0.25, -0.2) is 8.42 Å². The third-order valence-electron chi connectivity index (χ3n) is 7.88. The zero-order chi connectivity index (χ0) is 30.7. The predicted molar refractivity (Wildman–Crippen MR) is 162 cm³/mol. The summed E-state index contributed by atoms with van der Waals surface area (Å²) in [6.07, 6.45) is 2.24. The first-order valence-corrected chi connectivity index (χ1v) is 16.1. The number of amides is 2. The Morgan fingerprint density at radius 1 is 1.05 bits per heavy atom. The van der Waals surface area contributed by atoms with E-state index in [1.807, 2.05) is 30.3 Å². The van der Waals surface area contributed by atoms with E-state index >= 15 is 0 Å². The number of benzene rings is 2. The largest absolute Gasteiger partial charge is 0.493 e. The fourth-order valence-corrected chi connectivity index (χ4v) is 6.44. The van der Waals surface area contributed by atoms with Gasteiger partial charge in [-0.05, 0) is 56.5 Å². The number of para-hydroxylation sites is 1. The lowest BCUT2D eigenvalue weighted by atomic mass is 10.1. The SMILES string of the molecule is COc1c(CNC(=O)c2cc(C3CC3)nn2C)cccc1OCc1cccc(C(=O)N2CCN(S(=O)(=O)C(C)C)CC2)c1. The third-order valence-corrected chi connectivity index (χ3v) is 10.2. The zero-order valence-electron chi connectivity index (χ0n) is 25.1. The van der Waals surface area contributed by atoms with Gasteiger partial charge in [0.15, 0.2) is 11.5 Å². The van der Waals surface area contributed by atoms with Crippen LogP contribution in [0.3, 0.4) is 0 Å². The highest BCUT2D eigenvalue weighted by Crippen LogP contribution is 2.39. The Morgan fingerprint density at radius 2 is 1.77 bits per heavy atom. The predicted octanol–water partition coefficient (Wildman–Crippen LogP) is 3.31. The first kappa shape index (κ1) is 30.6. The molecule has 1 saturated heterocycles. The average Bonchev–Trinajstić information content (AvgIpc) is 3.79. The van der Waals surface area contributed by atoms with Crippen molar-refractivity contribution in [2.75, 3.05) is 33.3 Å². The molecule has 1 aromatic heterocycles. The van der Waals surface area contributed by atoms with Crippen molar-refractivity contribution in [1.29, 1.82) is 0 Å². The van der Waals surface area contributed by atoms with Crippen molar-refractivity contribution in [2.24, 2.45) is 7.05 Å². The summed E-state index contributed by atoms with van der Waals surface area (Å²) in [5.74, 6) is 1.15. The molecule has 5 rings (SSSR count). The number of ether oxygens (including phenoxy) is 2. The number of piperazine rings is 1. The molecule has 2 fully saturated rings. The molecule has 0 bridgehead atoms.